The minimum absolute atomic E-state index is 0.00279. The van der Waals surface area contributed by atoms with Crippen molar-refractivity contribution in [2.24, 2.45) is 5.92 Å². The highest BCUT2D eigenvalue weighted by Gasteiger charge is 2.43. The van der Waals surface area contributed by atoms with E-state index >= 15 is 0 Å². The van der Waals surface area contributed by atoms with Crippen molar-refractivity contribution in [3.8, 4) is 0 Å². The van der Waals surface area contributed by atoms with Crippen LogP contribution in [0.2, 0.25) is 0 Å². The van der Waals surface area contributed by atoms with Crippen molar-refractivity contribution in [3.05, 3.63) is 52.5 Å². The molecule has 1 aromatic carbocycles. The number of nitrogen functional groups attached to an aromatic ring is 1. The smallest absolute Gasteiger partial charge is 0.228 e. The summed E-state index contributed by atoms with van der Waals surface area (Å²) in [4.78, 5) is 12.3. The standard InChI is InChI=1S/C19H23N5OS2/c1-12(22-18(25)15-11-14(15)13-7-3-2-4-8-13)26-16(20)9-5-6-10-17-23-24-19(21)27-17/h2-4,7-8,14-15,20H,1,5-6,9-11H2,(H2,21,24)(H,22,25). The first-order valence-corrected chi connectivity index (χ1v) is 10.5. The number of anilines is 1. The fourth-order valence-electron chi connectivity index (χ4n) is 2.94. The van der Waals surface area contributed by atoms with Crippen LogP contribution in [0.1, 0.15) is 42.2 Å². The van der Waals surface area contributed by atoms with E-state index in [0.717, 1.165) is 30.7 Å². The maximum Gasteiger partial charge on any atom is 0.228 e. The molecule has 0 saturated heterocycles. The van der Waals surface area contributed by atoms with Gasteiger partial charge in [0, 0.05) is 12.3 Å². The van der Waals surface area contributed by atoms with Gasteiger partial charge in [0.25, 0.3) is 0 Å². The molecule has 1 amide bonds. The molecule has 27 heavy (non-hydrogen) atoms. The van der Waals surface area contributed by atoms with Crippen molar-refractivity contribution in [1.29, 1.82) is 5.41 Å². The topological polar surface area (TPSA) is 105 Å². The number of amides is 1. The van der Waals surface area contributed by atoms with Gasteiger partial charge in [0.15, 0.2) is 0 Å². The Bertz CT molecular complexity index is 821. The molecule has 1 aromatic heterocycles. The Morgan fingerprint density at radius 2 is 2.11 bits per heavy atom. The largest absolute Gasteiger partial charge is 0.374 e. The minimum atomic E-state index is 0.00279. The second-order valence-corrected chi connectivity index (χ2v) is 8.82. The van der Waals surface area contributed by atoms with Crippen LogP contribution in [0.3, 0.4) is 0 Å². The monoisotopic (exact) mass is 401 g/mol. The summed E-state index contributed by atoms with van der Waals surface area (Å²) in [6, 6.07) is 10.1. The number of rotatable bonds is 9. The molecule has 1 aliphatic carbocycles. The van der Waals surface area contributed by atoms with Crippen LogP contribution in [0.25, 0.3) is 0 Å². The van der Waals surface area contributed by atoms with E-state index in [0.29, 0.717) is 27.5 Å². The number of nitrogens with one attached hydrogen (secondary N) is 2. The van der Waals surface area contributed by atoms with Crippen LogP contribution in [0.4, 0.5) is 5.13 Å². The highest BCUT2D eigenvalue weighted by molar-refractivity contribution is 8.17. The molecule has 8 heteroatoms. The Kier molecular flexibility index (Phi) is 6.63. The summed E-state index contributed by atoms with van der Waals surface area (Å²) >= 11 is 2.64. The van der Waals surface area contributed by atoms with Crippen LogP contribution in [0.5, 0.6) is 0 Å². The van der Waals surface area contributed by atoms with Crippen molar-refractivity contribution in [3.63, 3.8) is 0 Å². The average molecular weight is 402 g/mol. The van der Waals surface area contributed by atoms with E-state index in [-0.39, 0.29) is 11.8 Å². The van der Waals surface area contributed by atoms with Gasteiger partial charge in [-0.1, -0.05) is 60.0 Å². The third-order valence-corrected chi connectivity index (χ3v) is 6.00. The number of aromatic nitrogens is 2. The Hall–Kier alpha value is -2.19. The molecule has 2 unspecified atom stereocenters. The minimum Gasteiger partial charge on any atom is -0.374 e. The van der Waals surface area contributed by atoms with Gasteiger partial charge < -0.3 is 11.1 Å². The number of thioether (sulfide) groups is 1. The Morgan fingerprint density at radius 1 is 1.33 bits per heavy atom. The molecular formula is C19H23N5OS2. The van der Waals surface area contributed by atoms with E-state index in [1.807, 2.05) is 18.2 Å². The van der Waals surface area contributed by atoms with Crippen molar-refractivity contribution in [2.75, 3.05) is 5.73 Å². The average Bonchev–Trinajstić information content (AvgIpc) is 3.35. The number of carbonyl (C=O) groups is 1. The quantitative estimate of drug-likeness (QED) is 0.335. The van der Waals surface area contributed by atoms with Crippen LogP contribution in [-0.4, -0.2) is 21.1 Å². The Morgan fingerprint density at radius 3 is 2.81 bits per heavy atom. The van der Waals surface area contributed by atoms with Crippen LogP contribution in [0.15, 0.2) is 41.9 Å². The highest BCUT2D eigenvalue weighted by atomic mass is 32.2. The Balaban J connectivity index is 1.32. The fraction of sp³-hybridized carbons (Fsp3) is 0.368. The normalized spacial score (nSPS) is 18.1. The highest BCUT2D eigenvalue weighted by Crippen LogP contribution is 2.47. The third-order valence-electron chi connectivity index (χ3n) is 4.39. The zero-order valence-corrected chi connectivity index (χ0v) is 16.6. The second-order valence-electron chi connectivity index (χ2n) is 6.54. The molecule has 6 nitrogen and oxygen atoms in total. The number of carbonyl (C=O) groups excluding carboxylic acids is 1. The van der Waals surface area contributed by atoms with E-state index in [9.17, 15) is 4.79 Å². The lowest BCUT2D eigenvalue weighted by Gasteiger charge is -2.09. The maximum absolute atomic E-state index is 12.3. The molecule has 0 spiro atoms. The predicted octanol–water partition coefficient (Wildman–Crippen LogP) is 3.93. The van der Waals surface area contributed by atoms with Gasteiger partial charge in [0.2, 0.25) is 11.0 Å². The van der Waals surface area contributed by atoms with Gasteiger partial charge in [0.05, 0.1) is 10.1 Å². The van der Waals surface area contributed by atoms with E-state index < -0.39 is 0 Å². The first-order valence-electron chi connectivity index (χ1n) is 8.91. The zero-order valence-electron chi connectivity index (χ0n) is 15.0. The van der Waals surface area contributed by atoms with Gasteiger partial charge >= 0.3 is 0 Å². The molecular weight excluding hydrogens is 378 g/mol. The second kappa shape index (κ2) is 9.14. The molecule has 2 atom stereocenters. The molecule has 3 rings (SSSR count). The first kappa shape index (κ1) is 19.6. The summed E-state index contributed by atoms with van der Waals surface area (Å²) in [5, 5.41) is 21.1. The van der Waals surface area contributed by atoms with Crippen molar-refractivity contribution < 1.29 is 4.79 Å². The van der Waals surface area contributed by atoms with Crippen LogP contribution in [-0.2, 0) is 11.2 Å². The van der Waals surface area contributed by atoms with Gasteiger partial charge in [-0.05, 0) is 37.2 Å². The molecule has 4 N–H and O–H groups in total. The van der Waals surface area contributed by atoms with Crippen LogP contribution >= 0.6 is 23.1 Å². The zero-order chi connectivity index (χ0) is 19.2. The lowest BCUT2D eigenvalue weighted by molar-refractivity contribution is -0.121. The summed E-state index contributed by atoms with van der Waals surface area (Å²) in [7, 11) is 0. The van der Waals surface area contributed by atoms with Gasteiger partial charge in [-0.25, -0.2) is 0 Å². The SMILES string of the molecule is C=C(NC(=O)C1CC1c1ccccc1)SC(=N)CCCCc1nnc(N)s1. The van der Waals surface area contributed by atoms with Gasteiger partial charge in [-0.2, -0.15) is 0 Å². The summed E-state index contributed by atoms with van der Waals surface area (Å²) in [6.45, 7) is 3.88. The molecule has 2 aromatic rings. The van der Waals surface area contributed by atoms with Crippen molar-refractivity contribution in [2.45, 2.75) is 38.0 Å². The lowest BCUT2D eigenvalue weighted by atomic mass is 10.1. The summed E-state index contributed by atoms with van der Waals surface area (Å²) in [5.41, 5.74) is 6.77. The van der Waals surface area contributed by atoms with Crippen LogP contribution < -0.4 is 11.1 Å². The van der Waals surface area contributed by atoms with E-state index in [1.54, 1.807) is 0 Å². The van der Waals surface area contributed by atoms with Gasteiger partial charge in [-0.3, -0.25) is 10.2 Å². The van der Waals surface area contributed by atoms with Gasteiger partial charge in [0.1, 0.15) is 5.01 Å². The number of aryl methyl sites for hydroxylation is 1. The third kappa shape index (κ3) is 5.90. The fourth-order valence-corrected chi connectivity index (χ4v) is 4.28. The number of benzene rings is 1. The number of nitrogens with two attached hydrogens (primary N) is 1. The maximum atomic E-state index is 12.3. The number of hydrogen-bond donors (Lipinski definition) is 3. The van der Waals surface area contributed by atoms with E-state index in [4.69, 9.17) is 11.1 Å². The van der Waals surface area contributed by atoms with Crippen LogP contribution in [0, 0.1) is 11.3 Å². The van der Waals surface area contributed by atoms with Crippen molar-refractivity contribution >= 4 is 39.2 Å². The molecule has 0 aliphatic heterocycles. The van der Waals surface area contributed by atoms with E-state index in [2.05, 4.69) is 34.2 Å². The Labute approximate surface area is 167 Å². The first-order chi connectivity index (χ1) is 13.0. The summed E-state index contributed by atoms with van der Waals surface area (Å²) in [6.07, 6.45) is 4.17. The molecule has 0 radical (unpaired) electrons. The molecule has 0 bridgehead atoms. The number of nitrogens with zero attached hydrogens (tertiary/aromatic N) is 2. The molecule has 142 valence electrons. The molecule has 1 heterocycles. The van der Waals surface area contributed by atoms with Crippen molar-refractivity contribution in [1.82, 2.24) is 15.5 Å². The molecule has 1 aliphatic rings. The lowest BCUT2D eigenvalue weighted by Crippen LogP contribution is -2.23. The molecule has 1 fully saturated rings. The number of hydrogen-bond acceptors (Lipinski definition) is 7. The van der Waals surface area contributed by atoms with E-state index in [1.165, 1.54) is 28.7 Å². The summed E-state index contributed by atoms with van der Waals surface area (Å²) in [5.74, 6) is 0.319. The number of unbranched alkanes of at least 4 members (excludes halogenated alkanes) is 1. The predicted molar refractivity (Wildman–Crippen MR) is 112 cm³/mol. The van der Waals surface area contributed by atoms with Gasteiger partial charge in [-0.15, -0.1) is 10.2 Å². The molecule has 1 saturated carbocycles. The summed E-state index contributed by atoms with van der Waals surface area (Å²) < 4.78 is 0.